The van der Waals surface area contributed by atoms with Crippen molar-refractivity contribution in [2.75, 3.05) is 18.0 Å². The summed E-state index contributed by atoms with van der Waals surface area (Å²) < 4.78 is 0. The van der Waals surface area contributed by atoms with Crippen LogP contribution in [0.1, 0.15) is 56.4 Å². The van der Waals surface area contributed by atoms with Gasteiger partial charge in [0.05, 0.1) is 11.3 Å². The number of hydrogen-bond acceptors (Lipinski definition) is 4. The van der Waals surface area contributed by atoms with Crippen molar-refractivity contribution < 1.29 is 0 Å². The highest BCUT2D eigenvalue weighted by atomic mass is 15.3. The van der Waals surface area contributed by atoms with Crippen LogP contribution in [0.15, 0.2) is 0 Å². The number of aryl methyl sites for hydroxylation is 1. The number of nitrogen functional groups attached to an aromatic ring is 1. The molecule has 0 aliphatic carbocycles. The van der Waals surface area contributed by atoms with Crippen molar-refractivity contribution in [2.24, 2.45) is 5.73 Å². The highest BCUT2D eigenvalue weighted by molar-refractivity contribution is 6.01. The zero-order valence-electron chi connectivity index (χ0n) is 13.2. The zero-order valence-corrected chi connectivity index (χ0v) is 13.2. The van der Waals surface area contributed by atoms with Crippen LogP contribution in [0.4, 0.5) is 5.82 Å². The minimum absolute atomic E-state index is 0.0773. The minimum atomic E-state index is 0.0773. The summed E-state index contributed by atoms with van der Waals surface area (Å²) in [6, 6.07) is 0. The first-order valence-corrected chi connectivity index (χ1v) is 7.46. The van der Waals surface area contributed by atoms with Gasteiger partial charge >= 0.3 is 0 Å². The Morgan fingerprint density at radius 1 is 1.10 bits per heavy atom. The molecule has 1 aromatic rings. The van der Waals surface area contributed by atoms with Crippen LogP contribution < -0.4 is 10.6 Å². The van der Waals surface area contributed by atoms with E-state index in [2.05, 4.69) is 28.9 Å². The van der Waals surface area contributed by atoms with Gasteiger partial charge in [0, 0.05) is 13.1 Å². The van der Waals surface area contributed by atoms with Crippen LogP contribution in [0.3, 0.4) is 0 Å². The van der Waals surface area contributed by atoms with E-state index in [0.29, 0.717) is 0 Å². The molecule has 0 saturated carbocycles. The van der Waals surface area contributed by atoms with Crippen molar-refractivity contribution in [1.29, 1.82) is 5.41 Å². The Balaban J connectivity index is 3.17. The molecule has 0 bridgehead atoms. The lowest BCUT2D eigenvalue weighted by molar-refractivity contribution is 0.664. The largest absolute Gasteiger partial charge is 0.384 e. The average molecular weight is 277 g/mol. The molecule has 1 rings (SSSR count). The van der Waals surface area contributed by atoms with Crippen LogP contribution in [-0.4, -0.2) is 29.1 Å². The quantitative estimate of drug-likeness (QED) is 0.565. The van der Waals surface area contributed by atoms with E-state index in [1.807, 2.05) is 13.8 Å². The monoisotopic (exact) mass is 277 g/mol. The third kappa shape index (κ3) is 3.92. The number of hydrogen-bond donors (Lipinski definition) is 2. The van der Waals surface area contributed by atoms with E-state index in [9.17, 15) is 0 Å². The molecule has 0 aromatic carbocycles. The van der Waals surface area contributed by atoms with Gasteiger partial charge in [0.15, 0.2) is 5.82 Å². The fourth-order valence-corrected chi connectivity index (χ4v) is 2.16. The van der Waals surface area contributed by atoms with Crippen LogP contribution in [0.2, 0.25) is 0 Å². The Hall–Kier alpha value is -1.65. The SMILES string of the molecule is CCCCN(CCCC)c1nnc(C)c(C)c1C(=N)N. The Morgan fingerprint density at radius 2 is 1.65 bits per heavy atom. The molecule has 112 valence electrons. The molecule has 0 amide bonds. The number of amidine groups is 1. The van der Waals surface area contributed by atoms with Crippen LogP contribution in [0.25, 0.3) is 0 Å². The van der Waals surface area contributed by atoms with E-state index in [4.69, 9.17) is 11.1 Å². The Labute approximate surface area is 122 Å². The van der Waals surface area contributed by atoms with Gasteiger partial charge in [-0.2, -0.15) is 5.10 Å². The third-order valence-electron chi connectivity index (χ3n) is 3.57. The second-order valence-corrected chi connectivity index (χ2v) is 5.22. The lowest BCUT2D eigenvalue weighted by atomic mass is 10.1. The van der Waals surface area contributed by atoms with Gasteiger partial charge in [-0.15, -0.1) is 5.10 Å². The van der Waals surface area contributed by atoms with Crippen molar-refractivity contribution in [3.63, 3.8) is 0 Å². The summed E-state index contributed by atoms with van der Waals surface area (Å²) in [5.41, 5.74) is 8.31. The number of rotatable bonds is 8. The topological polar surface area (TPSA) is 78.9 Å². The normalized spacial score (nSPS) is 10.6. The van der Waals surface area contributed by atoms with Crippen LogP contribution in [0.5, 0.6) is 0 Å². The van der Waals surface area contributed by atoms with Gasteiger partial charge < -0.3 is 10.6 Å². The molecule has 0 spiro atoms. The maximum Gasteiger partial charge on any atom is 0.162 e. The van der Waals surface area contributed by atoms with E-state index < -0.39 is 0 Å². The first-order chi connectivity index (χ1) is 9.52. The van der Waals surface area contributed by atoms with Crippen molar-refractivity contribution >= 4 is 11.7 Å². The van der Waals surface area contributed by atoms with E-state index in [1.54, 1.807) is 0 Å². The van der Waals surface area contributed by atoms with Crippen molar-refractivity contribution in [3.8, 4) is 0 Å². The molecule has 1 heterocycles. The molecular formula is C15H27N5. The van der Waals surface area contributed by atoms with Crippen LogP contribution in [0, 0.1) is 19.3 Å². The van der Waals surface area contributed by atoms with Gasteiger partial charge in [-0.25, -0.2) is 0 Å². The summed E-state index contributed by atoms with van der Waals surface area (Å²) in [6.07, 6.45) is 4.48. The van der Waals surface area contributed by atoms with E-state index in [-0.39, 0.29) is 5.84 Å². The van der Waals surface area contributed by atoms with Crippen LogP contribution in [-0.2, 0) is 0 Å². The summed E-state index contributed by atoms with van der Waals surface area (Å²) >= 11 is 0. The molecule has 0 atom stereocenters. The molecule has 5 heteroatoms. The average Bonchev–Trinajstić information content (AvgIpc) is 2.42. The molecule has 1 aromatic heterocycles. The van der Waals surface area contributed by atoms with Crippen molar-refractivity contribution in [3.05, 3.63) is 16.8 Å². The molecule has 0 unspecified atom stereocenters. The van der Waals surface area contributed by atoms with Gasteiger partial charge in [-0.3, -0.25) is 5.41 Å². The second kappa shape index (κ2) is 7.82. The summed E-state index contributed by atoms with van der Waals surface area (Å²) in [5.74, 6) is 0.844. The minimum Gasteiger partial charge on any atom is -0.384 e. The molecule has 20 heavy (non-hydrogen) atoms. The number of nitrogens with one attached hydrogen (secondary N) is 1. The second-order valence-electron chi connectivity index (χ2n) is 5.22. The molecule has 3 N–H and O–H groups in total. The number of aromatic nitrogens is 2. The van der Waals surface area contributed by atoms with Crippen molar-refractivity contribution in [1.82, 2.24) is 10.2 Å². The number of anilines is 1. The summed E-state index contributed by atoms with van der Waals surface area (Å²) in [4.78, 5) is 2.23. The first-order valence-electron chi connectivity index (χ1n) is 7.46. The fourth-order valence-electron chi connectivity index (χ4n) is 2.16. The maximum absolute atomic E-state index is 7.84. The van der Waals surface area contributed by atoms with E-state index >= 15 is 0 Å². The Morgan fingerprint density at radius 3 is 2.10 bits per heavy atom. The van der Waals surface area contributed by atoms with Crippen LogP contribution >= 0.6 is 0 Å². The van der Waals surface area contributed by atoms with Gasteiger partial charge in [0.2, 0.25) is 0 Å². The summed E-state index contributed by atoms with van der Waals surface area (Å²) in [7, 11) is 0. The molecule has 5 nitrogen and oxygen atoms in total. The van der Waals surface area contributed by atoms with Crippen molar-refractivity contribution in [2.45, 2.75) is 53.4 Å². The zero-order chi connectivity index (χ0) is 15.1. The van der Waals surface area contributed by atoms with E-state index in [0.717, 1.165) is 61.4 Å². The number of nitrogens with two attached hydrogens (primary N) is 1. The Bertz CT molecular complexity index is 448. The standard InChI is InChI=1S/C15H27N5/c1-5-7-9-20(10-8-6-2)15-13(14(16)17)11(3)12(4)18-19-15/h5-10H2,1-4H3,(H3,16,17). The van der Waals surface area contributed by atoms with E-state index in [1.165, 1.54) is 0 Å². The highest BCUT2D eigenvalue weighted by Crippen LogP contribution is 2.22. The molecular weight excluding hydrogens is 250 g/mol. The molecule has 0 aliphatic heterocycles. The maximum atomic E-state index is 7.84. The molecule has 0 fully saturated rings. The van der Waals surface area contributed by atoms with Gasteiger partial charge in [0.25, 0.3) is 0 Å². The van der Waals surface area contributed by atoms with Gasteiger partial charge in [0.1, 0.15) is 5.84 Å². The molecule has 0 aliphatic rings. The summed E-state index contributed by atoms with van der Waals surface area (Å²) in [5, 5.41) is 16.4. The highest BCUT2D eigenvalue weighted by Gasteiger charge is 2.18. The first kappa shape index (κ1) is 16.4. The smallest absolute Gasteiger partial charge is 0.162 e. The lowest BCUT2D eigenvalue weighted by Crippen LogP contribution is -2.31. The predicted octanol–water partition coefficient (Wildman–Crippen LogP) is 2.78. The predicted molar refractivity (Wildman–Crippen MR) is 84.6 cm³/mol. The fraction of sp³-hybridized carbons (Fsp3) is 0.667. The van der Waals surface area contributed by atoms with Gasteiger partial charge in [-0.05, 0) is 32.3 Å². The third-order valence-corrected chi connectivity index (χ3v) is 3.57. The lowest BCUT2D eigenvalue weighted by Gasteiger charge is -2.26. The molecule has 0 radical (unpaired) electrons. The summed E-state index contributed by atoms with van der Waals surface area (Å²) in [6.45, 7) is 10.1. The number of unbranched alkanes of at least 4 members (excludes halogenated alkanes) is 2. The number of nitrogens with zero attached hydrogens (tertiary/aromatic N) is 3. The Kier molecular flexibility index (Phi) is 6.42. The van der Waals surface area contributed by atoms with Gasteiger partial charge in [-0.1, -0.05) is 26.7 Å². The molecule has 0 saturated heterocycles.